The minimum Gasteiger partial charge on any atom is -0.103 e. The molecule has 1 radical (unpaired) electrons. The van der Waals surface area contributed by atoms with Gasteiger partial charge in [-0.2, -0.15) is 0 Å². The number of hydrogen-bond donors (Lipinski definition) is 0. The third-order valence-corrected chi connectivity index (χ3v) is 2.96. The summed E-state index contributed by atoms with van der Waals surface area (Å²) in [6.45, 7) is 12.9. The van der Waals surface area contributed by atoms with Crippen LogP contribution in [0, 0.1) is 24.2 Å². The smallest absolute Gasteiger partial charge is 0.0142 e. The molecule has 0 amide bonds. The van der Waals surface area contributed by atoms with Crippen LogP contribution in [0.4, 0.5) is 0 Å². The maximum absolute atomic E-state index is 3.75. The fourth-order valence-electron chi connectivity index (χ4n) is 1.95. The predicted molar refractivity (Wildman–Crippen MR) is 56.9 cm³/mol. The Hall–Kier alpha value is -0.260. The van der Waals surface area contributed by atoms with Crippen molar-refractivity contribution in [2.75, 3.05) is 0 Å². The van der Waals surface area contributed by atoms with Gasteiger partial charge in [0.15, 0.2) is 0 Å². The zero-order valence-electron chi connectivity index (χ0n) is 9.01. The van der Waals surface area contributed by atoms with E-state index < -0.39 is 0 Å². The van der Waals surface area contributed by atoms with Gasteiger partial charge >= 0.3 is 0 Å². The van der Waals surface area contributed by atoms with Gasteiger partial charge in [0.2, 0.25) is 0 Å². The van der Waals surface area contributed by atoms with Gasteiger partial charge in [-0.05, 0) is 24.2 Å². The van der Waals surface area contributed by atoms with E-state index in [0.717, 1.165) is 11.8 Å². The van der Waals surface area contributed by atoms with E-state index in [-0.39, 0.29) is 0 Å². The van der Waals surface area contributed by atoms with Crippen molar-refractivity contribution in [2.24, 2.45) is 17.8 Å². The molecule has 3 unspecified atom stereocenters. The van der Waals surface area contributed by atoms with Gasteiger partial charge in [0.25, 0.3) is 0 Å². The Morgan fingerprint density at radius 1 is 1.17 bits per heavy atom. The molecule has 0 heterocycles. The first kappa shape index (κ1) is 11.7. The van der Waals surface area contributed by atoms with Gasteiger partial charge < -0.3 is 0 Å². The van der Waals surface area contributed by atoms with Crippen LogP contribution < -0.4 is 0 Å². The van der Waals surface area contributed by atoms with Crippen LogP contribution in [-0.2, 0) is 0 Å². The Labute approximate surface area is 78.1 Å². The highest BCUT2D eigenvalue weighted by Gasteiger charge is 2.19. The highest BCUT2D eigenvalue weighted by molar-refractivity contribution is 4.93. The number of rotatable bonds is 6. The van der Waals surface area contributed by atoms with Gasteiger partial charge in [-0.25, -0.2) is 0 Å². The highest BCUT2D eigenvalue weighted by Crippen LogP contribution is 2.28. The average molecular weight is 167 g/mol. The lowest BCUT2D eigenvalue weighted by Crippen LogP contribution is -2.18. The van der Waals surface area contributed by atoms with Crippen molar-refractivity contribution in [1.82, 2.24) is 0 Å². The third-order valence-electron chi connectivity index (χ3n) is 2.96. The first-order chi connectivity index (χ1) is 5.67. The molecule has 0 bridgehead atoms. The topological polar surface area (TPSA) is 0 Å². The molecular formula is C12H23. The van der Waals surface area contributed by atoms with Crippen LogP contribution in [0.1, 0.15) is 40.5 Å². The molecular weight excluding hydrogens is 144 g/mol. The van der Waals surface area contributed by atoms with E-state index in [9.17, 15) is 0 Å². The second-order valence-electron chi connectivity index (χ2n) is 3.74. The summed E-state index contributed by atoms with van der Waals surface area (Å²) in [5, 5.41) is 0. The van der Waals surface area contributed by atoms with Crippen LogP contribution >= 0.6 is 0 Å². The largest absolute Gasteiger partial charge is 0.103 e. The van der Waals surface area contributed by atoms with Gasteiger partial charge in [0.1, 0.15) is 0 Å². The lowest BCUT2D eigenvalue weighted by atomic mass is 9.79. The molecule has 0 fully saturated rings. The minimum atomic E-state index is 0.683. The second-order valence-corrected chi connectivity index (χ2v) is 3.74. The molecule has 0 aromatic heterocycles. The lowest BCUT2D eigenvalue weighted by molar-refractivity contribution is 0.268. The van der Waals surface area contributed by atoms with Crippen LogP contribution in [-0.4, -0.2) is 0 Å². The summed E-state index contributed by atoms with van der Waals surface area (Å²) in [6.07, 6.45) is 6.71. The summed E-state index contributed by atoms with van der Waals surface area (Å²) >= 11 is 0. The van der Waals surface area contributed by atoms with Gasteiger partial charge in [-0.15, -0.1) is 6.58 Å². The van der Waals surface area contributed by atoms with E-state index >= 15 is 0 Å². The van der Waals surface area contributed by atoms with Crippen LogP contribution in [0.5, 0.6) is 0 Å². The highest BCUT2D eigenvalue weighted by atomic mass is 14.2. The van der Waals surface area contributed by atoms with E-state index in [1.54, 1.807) is 0 Å². The quantitative estimate of drug-likeness (QED) is 0.559. The van der Waals surface area contributed by atoms with Crippen molar-refractivity contribution < 1.29 is 0 Å². The molecule has 0 spiro atoms. The zero-order valence-corrected chi connectivity index (χ0v) is 9.01. The molecule has 0 saturated heterocycles. The summed E-state index contributed by atoms with van der Waals surface area (Å²) in [5.74, 6) is 2.34. The van der Waals surface area contributed by atoms with Crippen LogP contribution in [0.25, 0.3) is 0 Å². The SMILES string of the molecule is C=C[CH]C(C)C(CC)C(C)CC. The summed E-state index contributed by atoms with van der Waals surface area (Å²) in [6, 6.07) is 0. The summed E-state index contributed by atoms with van der Waals surface area (Å²) < 4.78 is 0. The average Bonchev–Trinajstić information content (AvgIpc) is 2.06. The van der Waals surface area contributed by atoms with Crippen molar-refractivity contribution in [1.29, 1.82) is 0 Å². The Kier molecular flexibility index (Phi) is 6.14. The van der Waals surface area contributed by atoms with Gasteiger partial charge in [0.05, 0.1) is 0 Å². The molecule has 0 nitrogen and oxygen atoms in total. The molecule has 0 aliphatic rings. The van der Waals surface area contributed by atoms with Crippen LogP contribution in [0.15, 0.2) is 12.7 Å². The fraction of sp³-hybridized carbons (Fsp3) is 0.750. The molecule has 0 aliphatic heterocycles. The fourth-order valence-corrected chi connectivity index (χ4v) is 1.95. The normalized spacial score (nSPS) is 18.3. The lowest BCUT2D eigenvalue weighted by Gasteiger charge is -2.27. The first-order valence-electron chi connectivity index (χ1n) is 5.13. The van der Waals surface area contributed by atoms with Crippen molar-refractivity contribution in [3.05, 3.63) is 19.1 Å². The van der Waals surface area contributed by atoms with Crippen molar-refractivity contribution in [3.8, 4) is 0 Å². The van der Waals surface area contributed by atoms with E-state index in [2.05, 4.69) is 40.7 Å². The molecule has 0 heteroatoms. The standard InChI is InChI=1S/C12H23/c1-6-9-11(5)12(8-3)10(4)7-2/h6,9-12H,1,7-8H2,2-5H3. The maximum atomic E-state index is 3.75. The maximum Gasteiger partial charge on any atom is -0.0142 e. The Morgan fingerprint density at radius 2 is 1.75 bits per heavy atom. The number of hydrogen-bond acceptors (Lipinski definition) is 0. The van der Waals surface area contributed by atoms with Crippen LogP contribution in [0.2, 0.25) is 0 Å². The first-order valence-corrected chi connectivity index (χ1v) is 5.13. The van der Waals surface area contributed by atoms with Gasteiger partial charge in [-0.3, -0.25) is 0 Å². The monoisotopic (exact) mass is 167 g/mol. The molecule has 0 aromatic carbocycles. The molecule has 0 rings (SSSR count). The number of allylic oxidation sites excluding steroid dienone is 1. The van der Waals surface area contributed by atoms with Crippen molar-refractivity contribution in [3.63, 3.8) is 0 Å². The molecule has 0 aliphatic carbocycles. The van der Waals surface area contributed by atoms with Crippen LogP contribution in [0.3, 0.4) is 0 Å². The van der Waals surface area contributed by atoms with E-state index in [1.165, 1.54) is 12.8 Å². The Balaban J connectivity index is 4.02. The summed E-state index contributed by atoms with van der Waals surface area (Å²) in [4.78, 5) is 0. The summed E-state index contributed by atoms with van der Waals surface area (Å²) in [5.41, 5.74) is 0. The molecule has 0 aromatic rings. The van der Waals surface area contributed by atoms with E-state index in [4.69, 9.17) is 0 Å². The van der Waals surface area contributed by atoms with E-state index in [0.29, 0.717) is 5.92 Å². The zero-order chi connectivity index (χ0) is 9.56. The summed E-state index contributed by atoms with van der Waals surface area (Å²) in [7, 11) is 0. The van der Waals surface area contributed by atoms with Crippen molar-refractivity contribution in [2.45, 2.75) is 40.5 Å². The van der Waals surface area contributed by atoms with E-state index in [1.807, 2.05) is 6.08 Å². The second kappa shape index (κ2) is 6.28. The molecule has 3 atom stereocenters. The minimum absolute atomic E-state index is 0.683. The Morgan fingerprint density at radius 3 is 2.08 bits per heavy atom. The van der Waals surface area contributed by atoms with Crippen molar-refractivity contribution >= 4 is 0 Å². The molecule has 0 saturated carbocycles. The van der Waals surface area contributed by atoms with Gasteiger partial charge in [-0.1, -0.05) is 46.6 Å². The third kappa shape index (κ3) is 3.42. The Bertz CT molecular complexity index is 115. The predicted octanol–water partition coefficient (Wildman–Crippen LogP) is 4.09. The molecule has 12 heavy (non-hydrogen) atoms. The molecule has 71 valence electrons. The van der Waals surface area contributed by atoms with Gasteiger partial charge in [0, 0.05) is 0 Å². The molecule has 0 N–H and O–H groups in total.